The summed E-state index contributed by atoms with van der Waals surface area (Å²) in [5, 5.41) is 2.71. The van der Waals surface area contributed by atoms with Crippen molar-refractivity contribution in [1.29, 1.82) is 0 Å². The summed E-state index contributed by atoms with van der Waals surface area (Å²) in [7, 11) is 1.91. The van der Waals surface area contributed by atoms with Crippen molar-refractivity contribution >= 4 is 21.8 Å². The summed E-state index contributed by atoms with van der Waals surface area (Å²) < 4.78 is 0. The molecular formula is C6H9BrN2O. The van der Waals surface area contributed by atoms with Crippen LogP contribution in [0.2, 0.25) is 0 Å². The Labute approximate surface area is 68.2 Å². The Bertz CT molecular complexity index is 169. The molecule has 0 aromatic rings. The second-order valence-electron chi connectivity index (χ2n) is 2.16. The van der Waals surface area contributed by atoms with Crippen molar-refractivity contribution in [2.75, 3.05) is 13.6 Å². The van der Waals surface area contributed by atoms with Crippen molar-refractivity contribution < 1.29 is 4.79 Å². The molecule has 1 atom stereocenters. The van der Waals surface area contributed by atoms with E-state index in [1.807, 2.05) is 11.9 Å². The lowest BCUT2D eigenvalue weighted by atomic mass is 10.6. The molecule has 0 aromatic heterocycles. The third-order valence-electron chi connectivity index (χ3n) is 1.35. The largest absolute Gasteiger partial charge is 0.366 e. The maximum Gasteiger partial charge on any atom is 0.245 e. The fraction of sp³-hybridized carbons (Fsp3) is 0.500. The molecule has 0 aliphatic carbocycles. The van der Waals surface area contributed by atoms with Crippen LogP contribution in [-0.4, -0.2) is 29.4 Å². The molecule has 1 unspecified atom stereocenters. The first-order chi connectivity index (χ1) is 4.70. The highest BCUT2D eigenvalue weighted by atomic mass is 79.9. The second-order valence-corrected chi connectivity index (χ2v) is 3.22. The zero-order valence-corrected chi connectivity index (χ0v) is 7.26. The molecule has 1 heterocycles. The van der Waals surface area contributed by atoms with Crippen molar-refractivity contribution in [3.8, 4) is 0 Å². The molecule has 4 heteroatoms. The Morgan fingerprint density at radius 1 is 1.90 bits per heavy atom. The molecule has 1 N–H and O–H groups in total. The first-order valence-corrected chi connectivity index (χ1v) is 3.94. The van der Waals surface area contributed by atoms with Crippen molar-refractivity contribution in [3.05, 3.63) is 12.3 Å². The Morgan fingerprint density at radius 2 is 2.60 bits per heavy atom. The van der Waals surface area contributed by atoms with Gasteiger partial charge in [-0.05, 0) is 0 Å². The van der Waals surface area contributed by atoms with Gasteiger partial charge in [-0.25, -0.2) is 0 Å². The van der Waals surface area contributed by atoms with Crippen LogP contribution in [0.5, 0.6) is 0 Å². The van der Waals surface area contributed by atoms with Gasteiger partial charge >= 0.3 is 0 Å². The summed E-state index contributed by atoms with van der Waals surface area (Å²) in [4.78, 5) is 12.9. The van der Waals surface area contributed by atoms with Crippen LogP contribution in [0, 0.1) is 0 Å². The molecule has 0 saturated carbocycles. The van der Waals surface area contributed by atoms with Crippen molar-refractivity contribution in [2.24, 2.45) is 0 Å². The molecule has 3 nitrogen and oxygen atoms in total. The van der Waals surface area contributed by atoms with E-state index >= 15 is 0 Å². The van der Waals surface area contributed by atoms with Gasteiger partial charge in [0.2, 0.25) is 5.91 Å². The van der Waals surface area contributed by atoms with E-state index in [4.69, 9.17) is 0 Å². The Kier molecular flexibility index (Phi) is 2.32. The van der Waals surface area contributed by atoms with Gasteiger partial charge < -0.3 is 10.2 Å². The standard InChI is InChI=1S/C6H9BrN2O/c1-9-3-2-6(10)8-4-5(9)7/h2-3,5H,4H2,1H3,(H,8,10). The second kappa shape index (κ2) is 3.05. The smallest absolute Gasteiger partial charge is 0.245 e. The highest BCUT2D eigenvalue weighted by Crippen LogP contribution is 2.05. The maximum atomic E-state index is 10.7. The van der Waals surface area contributed by atoms with Gasteiger partial charge in [-0.1, -0.05) is 15.9 Å². The number of nitrogens with one attached hydrogen (secondary N) is 1. The number of halogens is 1. The zero-order valence-electron chi connectivity index (χ0n) is 5.67. The zero-order chi connectivity index (χ0) is 7.56. The van der Waals surface area contributed by atoms with Crippen molar-refractivity contribution in [1.82, 2.24) is 10.2 Å². The van der Waals surface area contributed by atoms with E-state index in [0.29, 0.717) is 6.54 Å². The van der Waals surface area contributed by atoms with E-state index in [9.17, 15) is 4.79 Å². The first kappa shape index (κ1) is 7.60. The SMILES string of the molecule is CN1C=CC(=O)NCC1Br. The molecular weight excluding hydrogens is 196 g/mol. The third-order valence-corrected chi connectivity index (χ3v) is 2.32. The summed E-state index contributed by atoms with van der Waals surface area (Å²) in [6.07, 6.45) is 3.27. The Morgan fingerprint density at radius 3 is 3.30 bits per heavy atom. The van der Waals surface area contributed by atoms with Crippen LogP contribution in [0.4, 0.5) is 0 Å². The van der Waals surface area contributed by atoms with Gasteiger partial charge in [-0.2, -0.15) is 0 Å². The molecule has 1 rings (SSSR count). The molecule has 1 aliphatic heterocycles. The van der Waals surface area contributed by atoms with Gasteiger partial charge in [0, 0.05) is 25.9 Å². The number of rotatable bonds is 0. The van der Waals surface area contributed by atoms with E-state index in [0.717, 1.165) is 0 Å². The number of carbonyl (C=O) groups is 1. The molecule has 0 bridgehead atoms. The lowest BCUT2D eigenvalue weighted by molar-refractivity contribution is -0.116. The number of carbonyl (C=O) groups excluding carboxylic acids is 1. The molecule has 1 amide bonds. The fourth-order valence-corrected chi connectivity index (χ4v) is 0.965. The van der Waals surface area contributed by atoms with Gasteiger partial charge in [0.25, 0.3) is 0 Å². The third kappa shape index (κ3) is 1.73. The lowest BCUT2D eigenvalue weighted by Gasteiger charge is -2.18. The monoisotopic (exact) mass is 204 g/mol. The lowest BCUT2D eigenvalue weighted by Crippen LogP contribution is -2.31. The van der Waals surface area contributed by atoms with E-state index < -0.39 is 0 Å². The summed E-state index contributed by atoms with van der Waals surface area (Å²) in [5.74, 6) is -0.0335. The van der Waals surface area contributed by atoms with Crippen LogP contribution in [0.25, 0.3) is 0 Å². The van der Waals surface area contributed by atoms with E-state index in [-0.39, 0.29) is 10.9 Å². The highest BCUT2D eigenvalue weighted by molar-refractivity contribution is 9.09. The average molecular weight is 205 g/mol. The molecule has 1 aliphatic rings. The fourth-order valence-electron chi connectivity index (χ4n) is 0.666. The van der Waals surface area contributed by atoms with Crippen LogP contribution < -0.4 is 5.32 Å². The van der Waals surface area contributed by atoms with Crippen molar-refractivity contribution in [2.45, 2.75) is 4.95 Å². The average Bonchev–Trinajstić information content (AvgIpc) is 2.04. The number of nitrogens with zero attached hydrogens (tertiary/aromatic N) is 1. The summed E-state index contributed by atoms with van der Waals surface area (Å²) in [6, 6.07) is 0. The summed E-state index contributed by atoms with van der Waals surface area (Å²) >= 11 is 3.39. The van der Waals surface area contributed by atoms with Crippen LogP contribution in [0.15, 0.2) is 12.3 Å². The summed E-state index contributed by atoms with van der Waals surface area (Å²) in [5.41, 5.74) is 0. The van der Waals surface area contributed by atoms with E-state index in [1.54, 1.807) is 6.20 Å². The minimum absolute atomic E-state index is 0.0335. The van der Waals surface area contributed by atoms with Gasteiger partial charge in [0.15, 0.2) is 0 Å². The molecule has 0 spiro atoms. The van der Waals surface area contributed by atoms with Crippen LogP contribution in [0.3, 0.4) is 0 Å². The number of hydrogen-bond donors (Lipinski definition) is 1. The molecule has 56 valence electrons. The number of amides is 1. The number of likely N-dealkylation sites (N-methyl/N-ethyl adjacent to an activating group) is 1. The van der Waals surface area contributed by atoms with Gasteiger partial charge in [-0.3, -0.25) is 4.79 Å². The van der Waals surface area contributed by atoms with Gasteiger partial charge in [0.1, 0.15) is 4.95 Å². The maximum absolute atomic E-state index is 10.7. The minimum atomic E-state index is -0.0335. The molecule has 0 radical (unpaired) electrons. The predicted molar refractivity (Wildman–Crippen MR) is 42.6 cm³/mol. The number of hydrogen-bond acceptors (Lipinski definition) is 2. The Balaban J connectivity index is 2.62. The van der Waals surface area contributed by atoms with E-state index in [1.165, 1.54) is 6.08 Å². The topological polar surface area (TPSA) is 32.3 Å². The first-order valence-electron chi connectivity index (χ1n) is 3.02. The Hall–Kier alpha value is -0.510. The van der Waals surface area contributed by atoms with Gasteiger partial charge in [-0.15, -0.1) is 0 Å². The number of alkyl halides is 1. The van der Waals surface area contributed by atoms with Crippen LogP contribution in [0.1, 0.15) is 0 Å². The quantitative estimate of drug-likeness (QED) is 0.455. The molecule has 0 aromatic carbocycles. The normalized spacial score (nSPS) is 26.0. The minimum Gasteiger partial charge on any atom is -0.366 e. The van der Waals surface area contributed by atoms with Crippen LogP contribution >= 0.6 is 15.9 Å². The molecule has 0 fully saturated rings. The van der Waals surface area contributed by atoms with Crippen LogP contribution in [-0.2, 0) is 4.79 Å². The molecule has 0 saturated heterocycles. The summed E-state index contributed by atoms with van der Waals surface area (Å²) in [6.45, 7) is 0.641. The van der Waals surface area contributed by atoms with Crippen molar-refractivity contribution in [3.63, 3.8) is 0 Å². The van der Waals surface area contributed by atoms with Gasteiger partial charge in [0.05, 0.1) is 0 Å². The molecule has 10 heavy (non-hydrogen) atoms. The van der Waals surface area contributed by atoms with E-state index in [2.05, 4.69) is 21.2 Å². The highest BCUT2D eigenvalue weighted by Gasteiger charge is 2.11. The predicted octanol–water partition coefficient (Wildman–Crippen LogP) is 0.283.